The number of benzene rings is 2. The molecule has 0 radical (unpaired) electrons. The van der Waals surface area contributed by atoms with Crippen molar-refractivity contribution in [3.8, 4) is 17.2 Å². The third kappa shape index (κ3) is 5.40. The molecule has 0 aromatic heterocycles. The van der Waals surface area contributed by atoms with Crippen LogP contribution in [0.3, 0.4) is 0 Å². The Balaban J connectivity index is 1.40. The molecule has 0 bridgehead atoms. The van der Waals surface area contributed by atoms with Crippen LogP contribution in [-0.4, -0.2) is 44.8 Å². The van der Waals surface area contributed by atoms with E-state index in [2.05, 4.69) is 10.6 Å². The van der Waals surface area contributed by atoms with Crippen LogP contribution in [0.2, 0.25) is 0 Å². The average molecular weight is 414 g/mol. The molecule has 3 rings (SSSR count). The minimum Gasteiger partial charge on any atom is -0.497 e. The molecular formula is C21H22N2O7. The second-order valence-electron chi connectivity index (χ2n) is 6.48. The zero-order valence-electron chi connectivity index (χ0n) is 16.6. The molecule has 2 amide bonds. The standard InChI is InChI=1S/C21H22N2O7/c1-13(14-6-7-17-18(9-14)30-12-29-17)23-19(24)11-28-20(25)10-22-21(26)15-4-3-5-16(8-15)27-2/h3-9,13H,10-12H2,1-2H3,(H,22,26)(H,23,24)/t13-/m0/s1. The van der Waals surface area contributed by atoms with Crippen LogP contribution < -0.4 is 24.8 Å². The van der Waals surface area contributed by atoms with E-state index in [-0.39, 0.29) is 19.4 Å². The zero-order chi connectivity index (χ0) is 21.5. The summed E-state index contributed by atoms with van der Waals surface area (Å²) in [5, 5.41) is 5.17. The molecule has 2 aromatic carbocycles. The lowest BCUT2D eigenvalue weighted by Gasteiger charge is -2.15. The lowest BCUT2D eigenvalue weighted by Crippen LogP contribution is -2.34. The minimum absolute atomic E-state index is 0.170. The van der Waals surface area contributed by atoms with Crippen molar-refractivity contribution in [2.75, 3.05) is 27.1 Å². The van der Waals surface area contributed by atoms with Gasteiger partial charge in [0.2, 0.25) is 6.79 Å². The predicted molar refractivity (Wildman–Crippen MR) is 105 cm³/mol. The van der Waals surface area contributed by atoms with E-state index in [0.29, 0.717) is 22.8 Å². The second kappa shape index (κ2) is 9.64. The number of carbonyl (C=O) groups excluding carboxylic acids is 3. The number of carbonyl (C=O) groups is 3. The van der Waals surface area contributed by atoms with Gasteiger partial charge in [-0.25, -0.2) is 0 Å². The van der Waals surface area contributed by atoms with E-state index in [1.54, 1.807) is 43.3 Å². The highest BCUT2D eigenvalue weighted by Crippen LogP contribution is 2.34. The van der Waals surface area contributed by atoms with Gasteiger partial charge in [0.25, 0.3) is 11.8 Å². The van der Waals surface area contributed by atoms with E-state index in [4.69, 9.17) is 18.9 Å². The number of ether oxygens (including phenoxy) is 4. The quantitative estimate of drug-likeness (QED) is 0.631. The van der Waals surface area contributed by atoms with Gasteiger partial charge in [0.05, 0.1) is 13.2 Å². The molecule has 0 aliphatic carbocycles. The van der Waals surface area contributed by atoms with Crippen LogP contribution in [0.1, 0.15) is 28.9 Å². The van der Waals surface area contributed by atoms with E-state index < -0.39 is 24.4 Å². The molecule has 2 aromatic rings. The molecule has 1 aliphatic heterocycles. The van der Waals surface area contributed by atoms with Crippen LogP contribution in [0, 0.1) is 0 Å². The molecule has 0 spiro atoms. The SMILES string of the molecule is COc1cccc(C(=O)NCC(=O)OCC(=O)N[C@@H](C)c2ccc3c(c2)OCO3)c1. The van der Waals surface area contributed by atoms with E-state index >= 15 is 0 Å². The normalized spacial score (nSPS) is 12.6. The van der Waals surface area contributed by atoms with Gasteiger partial charge in [0.1, 0.15) is 12.3 Å². The van der Waals surface area contributed by atoms with Crippen LogP contribution in [0.5, 0.6) is 17.2 Å². The van der Waals surface area contributed by atoms with Crippen molar-refractivity contribution in [2.45, 2.75) is 13.0 Å². The van der Waals surface area contributed by atoms with Gasteiger partial charge in [0.15, 0.2) is 18.1 Å². The van der Waals surface area contributed by atoms with E-state index in [1.807, 2.05) is 6.07 Å². The third-order valence-corrected chi connectivity index (χ3v) is 4.36. The van der Waals surface area contributed by atoms with Crippen LogP contribution in [-0.2, 0) is 14.3 Å². The summed E-state index contributed by atoms with van der Waals surface area (Å²) in [6.07, 6.45) is 0. The predicted octanol–water partition coefficient (Wildman–Crippen LogP) is 1.57. The fourth-order valence-electron chi connectivity index (χ4n) is 2.76. The first-order chi connectivity index (χ1) is 14.5. The number of hydrogen-bond acceptors (Lipinski definition) is 7. The Morgan fingerprint density at radius 3 is 2.70 bits per heavy atom. The first-order valence-electron chi connectivity index (χ1n) is 9.23. The van der Waals surface area contributed by atoms with Crippen molar-refractivity contribution in [3.05, 3.63) is 53.6 Å². The molecule has 158 valence electrons. The summed E-state index contributed by atoms with van der Waals surface area (Å²) in [4.78, 5) is 35.9. The Morgan fingerprint density at radius 2 is 1.90 bits per heavy atom. The summed E-state index contributed by atoms with van der Waals surface area (Å²) in [5.74, 6) is 0.156. The molecule has 30 heavy (non-hydrogen) atoms. The molecular weight excluding hydrogens is 392 g/mol. The van der Waals surface area contributed by atoms with E-state index in [1.165, 1.54) is 7.11 Å². The Hall–Kier alpha value is -3.75. The zero-order valence-corrected chi connectivity index (χ0v) is 16.6. The summed E-state index contributed by atoms with van der Waals surface area (Å²) in [5.41, 5.74) is 1.17. The third-order valence-electron chi connectivity index (χ3n) is 4.36. The first-order valence-corrected chi connectivity index (χ1v) is 9.23. The van der Waals surface area contributed by atoms with Crippen LogP contribution in [0.25, 0.3) is 0 Å². The molecule has 0 unspecified atom stereocenters. The molecule has 0 fully saturated rings. The number of rotatable bonds is 8. The Bertz CT molecular complexity index is 945. The number of hydrogen-bond donors (Lipinski definition) is 2. The summed E-state index contributed by atoms with van der Waals surface area (Å²) in [7, 11) is 1.49. The summed E-state index contributed by atoms with van der Waals surface area (Å²) < 4.78 is 20.5. The molecule has 2 N–H and O–H groups in total. The summed E-state index contributed by atoms with van der Waals surface area (Å²) >= 11 is 0. The molecule has 0 saturated heterocycles. The van der Waals surface area contributed by atoms with Gasteiger partial charge >= 0.3 is 5.97 Å². The fourth-order valence-corrected chi connectivity index (χ4v) is 2.76. The monoisotopic (exact) mass is 414 g/mol. The first kappa shape index (κ1) is 21.0. The van der Waals surface area contributed by atoms with Gasteiger partial charge in [-0.3, -0.25) is 14.4 Å². The maximum Gasteiger partial charge on any atom is 0.325 e. The fraction of sp³-hybridized carbons (Fsp3) is 0.286. The summed E-state index contributed by atoms with van der Waals surface area (Å²) in [6.45, 7) is 1.15. The van der Waals surface area contributed by atoms with Crippen LogP contribution in [0.4, 0.5) is 0 Å². The van der Waals surface area contributed by atoms with Crippen molar-refractivity contribution in [1.29, 1.82) is 0 Å². The number of fused-ring (bicyclic) bond motifs is 1. The summed E-state index contributed by atoms with van der Waals surface area (Å²) in [6, 6.07) is 11.6. The van der Waals surface area contributed by atoms with Crippen molar-refractivity contribution in [2.24, 2.45) is 0 Å². The molecule has 1 heterocycles. The van der Waals surface area contributed by atoms with Gasteiger partial charge in [0, 0.05) is 5.56 Å². The smallest absolute Gasteiger partial charge is 0.325 e. The molecule has 1 atom stereocenters. The average Bonchev–Trinajstić information content (AvgIpc) is 3.24. The highest BCUT2D eigenvalue weighted by Gasteiger charge is 2.17. The van der Waals surface area contributed by atoms with Crippen LogP contribution in [0.15, 0.2) is 42.5 Å². The Labute approximate surface area is 173 Å². The van der Waals surface area contributed by atoms with Crippen molar-refractivity contribution in [3.63, 3.8) is 0 Å². The van der Waals surface area contributed by atoms with Gasteiger partial charge in [-0.05, 0) is 42.8 Å². The Morgan fingerprint density at radius 1 is 1.10 bits per heavy atom. The number of methoxy groups -OCH3 is 1. The largest absolute Gasteiger partial charge is 0.497 e. The molecule has 9 nitrogen and oxygen atoms in total. The Kier molecular flexibility index (Phi) is 6.74. The second-order valence-corrected chi connectivity index (χ2v) is 6.48. The van der Waals surface area contributed by atoms with Crippen molar-refractivity contribution < 1.29 is 33.3 Å². The minimum atomic E-state index is -0.725. The van der Waals surface area contributed by atoms with E-state index in [0.717, 1.165) is 5.56 Å². The van der Waals surface area contributed by atoms with E-state index in [9.17, 15) is 14.4 Å². The van der Waals surface area contributed by atoms with Gasteiger partial charge in [-0.15, -0.1) is 0 Å². The van der Waals surface area contributed by atoms with Gasteiger partial charge in [-0.2, -0.15) is 0 Å². The maximum absolute atomic E-state index is 12.1. The van der Waals surface area contributed by atoms with Gasteiger partial charge < -0.3 is 29.6 Å². The van der Waals surface area contributed by atoms with Crippen LogP contribution >= 0.6 is 0 Å². The van der Waals surface area contributed by atoms with Gasteiger partial charge in [-0.1, -0.05) is 12.1 Å². The molecule has 1 aliphatic rings. The number of amides is 2. The number of esters is 1. The molecule has 9 heteroatoms. The maximum atomic E-state index is 12.1. The lowest BCUT2D eigenvalue weighted by molar-refractivity contribution is -0.147. The topological polar surface area (TPSA) is 112 Å². The lowest BCUT2D eigenvalue weighted by atomic mass is 10.1. The molecule has 0 saturated carbocycles. The van der Waals surface area contributed by atoms with Crippen molar-refractivity contribution >= 4 is 17.8 Å². The van der Waals surface area contributed by atoms with Crippen molar-refractivity contribution in [1.82, 2.24) is 10.6 Å². The highest BCUT2D eigenvalue weighted by molar-refractivity contribution is 5.96. The highest BCUT2D eigenvalue weighted by atomic mass is 16.7. The number of nitrogens with one attached hydrogen (secondary N) is 2.